The number of para-hydroxylation sites is 1. The quantitative estimate of drug-likeness (QED) is 0.504. The second kappa shape index (κ2) is 8.22. The van der Waals surface area contributed by atoms with E-state index < -0.39 is 5.91 Å². The van der Waals surface area contributed by atoms with Crippen molar-refractivity contribution < 1.29 is 9.18 Å². The number of carbonyl (C=O) groups is 1. The minimum Gasteiger partial charge on any atom is -0.369 e. The first-order chi connectivity index (χ1) is 15.6. The number of hydrogen-bond acceptors (Lipinski definition) is 6. The van der Waals surface area contributed by atoms with Crippen LogP contribution in [0.3, 0.4) is 0 Å². The van der Waals surface area contributed by atoms with Crippen molar-refractivity contribution in [3.05, 3.63) is 78.6 Å². The molecule has 7 nitrogen and oxygen atoms in total. The fourth-order valence-corrected chi connectivity index (χ4v) is 4.16. The van der Waals surface area contributed by atoms with E-state index in [9.17, 15) is 9.18 Å². The number of aromatic nitrogens is 3. The molecule has 5 rings (SSSR count). The van der Waals surface area contributed by atoms with Gasteiger partial charge in [-0.3, -0.25) is 9.78 Å². The standard InChI is InChI=1S/C24H21FN6O/c25-21-11-17(6-7-18(21)15-3-2-9-27-12-15)31-10-8-16(13-31)30-24-20-5-1-4-19(23(26)32)22(20)28-14-29-24/h1-7,9,11-12,14,16H,8,10,13H2,(H2,26,32)(H,28,29,30). The van der Waals surface area contributed by atoms with Crippen LogP contribution in [-0.4, -0.2) is 40.0 Å². The average molecular weight is 428 g/mol. The highest BCUT2D eigenvalue weighted by molar-refractivity contribution is 6.06. The number of carbonyl (C=O) groups excluding carboxylic acids is 1. The molecule has 160 valence electrons. The van der Waals surface area contributed by atoms with Gasteiger partial charge < -0.3 is 16.0 Å². The Hall–Kier alpha value is -4.07. The van der Waals surface area contributed by atoms with Gasteiger partial charge in [-0.1, -0.05) is 12.1 Å². The lowest BCUT2D eigenvalue weighted by Crippen LogP contribution is -2.26. The Labute approximate surface area is 184 Å². The predicted molar refractivity (Wildman–Crippen MR) is 122 cm³/mol. The lowest BCUT2D eigenvalue weighted by Gasteiger charge is -2.20. The maximum absolute atomic E-state index is 14.8. The predicted octanol–water partition coefficient (Wildman–Crippen LogP) is 3.62. The number of nitrogens with zero attached hydrogens (tertiary/aromatic N) is 4. The van der Waals surface area contributed by atoms with Gasteiger partial charge in [0.15, 0.2) is 0 Å². The van der Waals surface area contributed by atoms with Gasteiger partial charge in [0.25, 0.3) is 5.91 Å². The molecule has 0 radical (unpaired) electrons. The molecular weight excluding hydrogens is 407 g/mol. The molecule has 1 fully saturated rings. The largest absolute Gasteiger partial charge is 0.369 e. The number of fused-ring (bicyclic) bond motifs is 1. The molecule has 32 heavy (non-hydrogen) atoms. The Kier molecular flexibility index (Phi) is 5.10. The van der Waals surface area contributed by atoms with E-state index in [0.717, 1.165) is 29.6 Å². The van der Waals surface area contributed by atoms with Crippen molar-refractivity contribution in [1.82, 2.24) is 15.0 Å². The van der Waals surface area contributed by atoms with Gasteiger partial charge in [-0.05, 0) is 42.8 Å². The molecule has 3 N–H and O–H groups in total. The maximum atomic E-state index is 14.8. The highest BCUT2D eigenvalue weighted by Crippen LogP contribution is 2.29. The van der Waals surface area contributed by atoms with Crippen molar-refractivity contribution in [2.45, 2.75) is 12.5 Å². The zero-order valence-corrected chi connectivity index (χ0v) is 17.2. The van der Waals surface area contributed by atoms with Crippen molar-refractivity contribution in [2.24, 2.45) is 5.73 Å². The second-order valence-corrected chi connectivity index (χ2v) is 7.77. The second-order valence-electron chi connectivity index (χ2n) is 7.77. The first-order valence-electron chi connectivity index (χ1n) is 10.3. The van der Waals surface area contributed by atoms with Crippen LogP contribution in [0.15, 0.2) is 67.3 Å². The minimum atomic E-state index is -0.524. The highest BCUT2D eigenvalue weighted by atomic mass is 19.1. The first-order valence-corrected chi connectivity index (χ1v) is 10.3. The number of nitrogens with one attached hydrogen (secondary N) is 1. The van der Waals surface area contributed by atoms with Gasteiger partial charge in [-0.15, -0.1) is 0 Å². The lowest BCUT2D eigenvalue weighted by molar-refractivity contribution is 0.100. The van der Waals surface area contributed by atoms with Crippen LogP contribution in [0.5, 0.6) is 0 Å². The molecule has 8 heteroatoms. The number of pyridine rings is 1. The molecule has 0 aliphatic carbocycles. The summed E-state index contributed by atoms with van der Waals surface area (Å²) in [7, 11) is 0. The van der Waals surface area contributed by atoms with Crippen LogP contribution < -0.4 is 16.0 Å². The first kappa shape index (κ1) is 19.9. The van der Waals surface area contributed by atoms with Gasteiger partial charge in [-0.25, -0.2) is 14.4 Å². The molecule has 1 amide bonds. The van der Waals surface area contributed by atoms with Crippen LogP contribution >= 0.6 is 0 Å². The molecule has 1 aliphatic rings. The summed E-state index contributed by atoms with van der Waals surface area (Å²) >= 11 is 0. The van der Waals surface area contributed by atoms with Crippen LogP contribution in [0.2, 0.25) is 0 Å². The minimum absolute atomic E-state index is 0.117. The summed E-state index contributed by atoms with van der Waals surface area (Å²) in [6, 6.07) is 14.4. The Morgan fingerprint density at radius 3 is 2.84 bits per heavy atom. The zero-order chi connectivity index (χ0) is 22.1. The summed E-state index contributed by atoms with van der Waals surface area (Å²) in [5.74, 6) is -0.139. The number of nitrogens with two attached hydrogens (primary N) is 1. The molecular formula is C24H21FN6O. The van der Waals surface area contributed by atoms with Crippen LogP contribution in [0.4, 0.5) is 15.9 Å². The number of amides is 1. The van der Waals surface area contributed by atoms with Gasteiger partial charge in [0.2, 0.25) is 0 Å². The van der Waals surface area contributed by atoms with E-state index in [1.807, 2.05) is 18.2 Å². The van der Waals surface area contributed by atoms with Crippen LogP contribution in [0.25, 0.3) is 22.0 Å². The third-order valence-electron chi connectivity index (χ3n) is 5.75. The van der Waals surface area contributed by atoms with Crippen molar-refractivity contribution in [3.63, 3.8) is 0 Å². The Bertz CT molecular complexity index is 1300. The van der Waals surface area contributed by atoms with E-state index in [0.29, 0.717) is 29.0 Å². The van der Waals surface area contributed by atoms with Gasteiger partial charge in [0.05, 0.1) is 11.1 Å². The SMILES string of the molecule is NC(=O)c1cccc2c(NC3CCN(c4ccc(-c5cccnc5)c(F)c4)C3)ncnc12. The molecule has 0 saturated carbocycles. The molecule has 0 spiro atoms. The molecule has 1 aliphatic heterocycles. The maximum Gasteiger partial charge on any atom is 0.250 e. The van der Waals surface area contributed by atoms with Gasteiger partial charge in [0.1, 0.15) is 18.0 Å². The summed E-state index contributed by atoms with van der Waals surface area (Å²) in [6.07, 6.45) is 5.62. The van der Waals surface area contributed by atoms with E-state index in [1.54, 1.807) is 42.7 Å². The third-order valence-corrected chi connectivity index (χ3v) is 5.75. The van der Waals surface area contributed by atoms with Crippen LogP contribution in [0, 0.1) is 5.82 Å². The third kappa shape index (κ3) is 3.71. The van der Waals surface area contributed by atoms with E-state index in [2.05, 4.69) is 25.2 Å². The summed E-state index contributed by atoms with van der Waals surface area (Å²) < 4.78 is 14.8. The summed E-state index contributed by atoms with van der Waals surface area (Å²) in [6.45, 7) is 1.49. The van der Waals surface area contributed by atoms with Gasteiger partial charge in [0, 0.05) is 53.7 Å². The number of primary amides is 1. The molecule has 2 aromatic carbocycles. The molecule has 1 unspecified atom stereocenters. The Morgan fingerprint density at radius 1 is 1.16 bits per heavy atom. The van der Waals surface area contributed by atoms with E-state index in [4.69, 9.17) is 5.73 Å². The number of anilines is 2. The summed E-state index contributed by atoms with van der Waals surface area (Å²) in [4.78, 5) is 26.5. The Balaban J connectivity index is 1.34. The van der Waals surface area contributed by atoms with Crippen LogP contribution in [0.1, 0.15) is 16.8 Å². The molecule has 0 bridgehead atoms. The average Bonchev–Trinajstić information content (AvgIpc) is 3.28. The fraction of sp³-hybridized carbons (Fsp3) is 0.167. The van der Waals surface area contributed by atoms with Gasteiger partial charge >= 0.3 is 0 Å². The normalized spacial score (nSPS) is 15.8. The van der Waals surface area contributed by atoms with E-state index >= 15 is 0 Å². The number of rotatable bonds is 5. The monoisotopic (exact) mass is 428 g/mol. The molecule has 1 saturated heterocycles. The van der Waals surface area contributed by atoms with Crippen molar-refractivity contribution in [3.8, 4) is 11.1 Å². The fourth-order valence-electron chi connectivity index (χ4n) is 4.16. The molecule has 4 aromatic rings. The number of hydrogen-bond donors (Lipinski definition) is 2. The summed E-state index contributed by atoms with van der Waals surface area (Å²) in [5, 5.41) is 4.20. The molecule has 1 atom stereocenters. The van der Waals surface area contributed by atoms with Crippen LogP contribution in [-0.2, 0) is 0 Å². The zero-order valence-electron chi connectivity index (χ0n) is 17.2. The molecule has 2 aromatic heterocycles. The van der Waals surface area contributed by atoms with Crippen molar-refractivity contribution in [1.29, 1.82) is 0 Å². The number of halogens is 1. The Morgan fingerprint density at radius 2 is 2.06 bits per heavy atom. The van der Waals surface area contributed by atoms with Crippen molar-refractivity contribution >= 4 is 28.3 Å². The van der Waals surface area contributed by atoms with Crippen molar-refractivity contribution in [2.75, 3.05) is 23.3 Å². The number of benzene rings is 2. The lowest BCUT2D eigenvalue weighted by atomic mass is 10.1. The highest BCUT2D eigenvalue weighted by Gasteiger charge is 2.24. The summed E-state index contributed by atoms with van der Waals surface area (Å²) in [5.41, 5.74) is 8.49. The van der Waals surface area contributed by atoms with E-state index in [1.165, 1.54) is 6.33 Å². The topological polar surface area (TPSA) is 97.0 Å². The smallest absolute Gasteiger partial charge is 0.250 e. The van der Waals surface area contributed by atoms with E-state index in [-0.39, 0.29) is 11.9 Å². The van der Waals surface area contributed by atoms with Gasteiger partial charge in [-0.2, -0.15) is 0 Å². The molecule has 3 heterocycles.